The van der Waals surface area contributed by atoms with Crippen LogP contribution in [0, 0.1) is 5.92 Å². The molecule has 3 atom stereocenters. The summed E-state index contributed by atoms with van der Waals surface area (Å²) in [7, 11) is 1.74. The molecule has 0 unspecified atom stereocenters. The number of hydrogen-bond donors (Lipinski definition) is 1. The zero-order chi connectivity index (χ0) is 25.7. The number of aliphatic hydroxyl groups excluding tert-OH is 1. The summed E-state index contributed by atoms with van der Waals surface area (Å²) in [5, 5.41) is 9.85. The predicted octanol–water partition coefficient (Wildman–Crippen LogP) is 2.46. The molecule has 3 aromatic heterocycles. The maximum absolute atomic E-state index is 13.6. The van der Waals surface area contributed by atoms with Gasteiger partial charge >= 0.3 is 0 Å². The number of hydrogen-bond acceptors (Lipinski definition) is 7. The molecule has 36 heavy (non-hydrogen) atoms. The van der Waals surface area contributed by atoms with Gasteiger partial charge in [0.25, 0.3) is 5.91 Å². The highest BCUT2D eigenvalue weighted by atomic mass is 16.5. The van der Waals surface area contributed by atoms with Gasteiger partial charge in [-0.2, -0.15) is 0 Å². The van der Waals surface area contributed by atoms with Crippen molar-refractivity contribution in [2.75, 3.05) is 26.7 Å². The van der Waals surface area contributed by atoms with Crippen molar-refractivity contribution >= 4 is 11.8 Å². The van der Waals surface area contributed by atoms with E-state index in [1.807, 2.05) is 44.2 Å². The van der Waals surface area contributed by atoms with Gasteiger partial charge < -0.3 is 19.6 Å². The van der Waals surface area contributed by atoms with Gasteiger partial charge in [-0.05, 0) is 42.8 Å². The Morgan fingerprint density at radius 3 is 2.67 bits per heavy atom. The van der Waals surface area contributed by atoms with Gasteiger partial charge in [0.2, 0.25) is 11.8 Å². The van der Waals surface area contributed by atoms with Gasteiger partial charge in [-0.25, -0.2) is 4.98 Å². The van der Waals surface area contributed by atoms with E-state index in [4.69, 9.17) is 4.74 Å². The first kappa shape index (κ1) is 25.2. The van der Waals surface area contributed by atoms with Crippen LogP contribution in [0.25, 0.3) is 11.1 Å². The molecular formula is C27H31N5O4. The molecule has 0 saturated carbocycles. The lowest BCUT2D eigenvalue weighted by atomic mass is 9.99. The second-order valence-corrected chi connectivity index (χ2v) is 9.21. The molecule has 1 N–H and O–H groups in total. The molecule has 0 spiro atoms. The number of amides is 2. The zero-order valence-electron chi connectivity index (χ0n) is 20.7. The standard InChI is InChI=1S/C27H31N5O4/c1-18-15-32(19(2)17-33)27(35)23-12-21(20-7-10-28-11-8-20)14-30-26(23)36-24(18)16-31(3)25(34)13-22-6-4-5-9-29-22/h4-12,14,18-19,24,33H,13,15-17H2,1-3H3/t18-,19-,24+/m1/s1. The quantitative estimate of drug-likeness (QED) is 0.543. The lowest BCUT2D eigenvalue weighted by Gasteiger charge is -2.37. The van der Waals surface area contributed by atoms with Crippen LogP contribution in [-0.2, 0) is 11.2 Å². The zero-order valence-corrected chi connectivity index (χ0v) is 20.7. The number of carbonyl (C=O) groups is 2. The van der Waals surface area contributed by atoms with Crippen LogP contribution >= 0.6 is 0 Å². The van der Waals surface area contributed by atoms with Crippen molar-refractivity contribution in [3.8, 4) is 17.0 Å². The highest BCUT2D eigenvalue weighted by Crippen LogP contribution is 2.30. The summed E-state index contributed by atoms with van der Waals surface area (Å²) in [5.74, 6) is -0.234. The summed E-state index contributed by atoms with van der Waals surface area (Å²) in [5.41, 5.74) is 2.66. The Kier molecular flexibility index (Phi) is 7.90. The Labute approximate surface area is 210 Å². The first-order chi connectivity index (χ1) is 17.4. The molecule has 4 heterocycles. The summed E-state index contributed by atoms with van der Waals surface area (Å²) in [6, 6.07) is 10.6. The third kappa shape index (κ3) is 5.68. The van der Waals surface area contributed by atoms with Crippen LogP contribution in [0.5, 0.6) is 5.88 Å². The van der Waals surface area contributed by atoms with Gasteiger partial charge in [-0.1, -0.05) is 13.0 Å². The monoisotopic (exact) mass is 489 g/mol. The molecule has 0 radical (unpaired) electrons. The number of aliphatic hydroxyl groups is 1. The molecule has 0 aromatic carbocycles. The van der Waals surface area contributed by atoms with Crippen LogP contribution in [0.1, 0.15) is 29.9 Å². The Balaban J connectivity index is 1.62. The normalized spacial score (nSPS) is 18.4. The Morgan fingerprint density at radius 1 is 1.19 bits per heavy atom. The third-order valence-corrected chi connectivity index (χ3v) is 6.47. The molecule has 0 bridgehead atoms. The van der Waals surface area contributed by atoms with E-state index in [0.717, 1.165) is 11.1 Å². The topological polar surface area (TPSA) is 109 Å². The number of rotatable bonds is 7. The first-order valence-corrected chi connectivity index (χ1v) is 12.0. The van der Waals surface area contributed by atoms with Crippen molar-refractivity contribution in [2.24, 2.45) is 5.92 Å². The number of aromatic nitrogens is 3. The molecule has 0 saturated heterocycles. The number of fused-ring (bicyclic) bond motifs is 1. The number of carbonyl (C=O) groups excluding carboxylic acids is 2. The minimum atomic E-state index is -0.415. The molecule has 4 rings (SSSR count). The minimum Gasteiger partial charge on any atom is -0.472 e. The molecule has 0 fully saturated rings. The highest BCUT2D eigenvalue weighted by molar-refractivity contribution is 5.98. The van der Waals surface area contributed by atoms with E-state index in [0.29, 0.717) is 24.3 Å². The van der Waals surface area contributed by atoms with E-state index in [1.54, 1.807) is 47.7 Å². The fourth-order valence-electron chi connectivity index (χ4n) is 4.19. The SMILES string of the molecule is C[C@@H]1CN([C@H](C)CO)C(=O)c2cc(-c3ccncc3)cnc2O[C@H]1CN(C)C(=O)Cc1ccccn1. The van der Waals surface area contributed by atoms with Crippen LogP contribution < -0.4 is 4.74 Å². The first-order valence-electron chi connectivity index (χ1n) is 12.0. The average Bonchev–Trinajstić information content (AvgIpc) is 2.91. The number of nitrogens with zero attached hydrogens (tertiary/aromatic N) is 5. The molecular weight excluding hydrogens is 458 g/mol. The van der Waals surface area contributed by atoms with Gasteiger partial charge in [0.05, 0.1) is 25.6 Å². The Morgan fingerprint density at radius 2 is 1.97 bits per heavy atom. The minimum absolute atomic E-state index is 0.0792. The van der Waals surface area contributed by atoms with E-state index in [9.17, 15) is 14.7 Å². The summed E-state index contributed by atoms with van der Waals surface area (Å²) in [4.78, 5) is 42.5. The maximum atomic E-state index is 13.6. The molecule has 2 amide bonds. The van der Waals surface area contributed by atoms with Crippen molar-refractivity contribution < 1.29 is 19.4 Å². The number of ether oxygens (including phenoxy) is 1. The number of likely N-dealkylation sites (N-methyl/N-ethyl adjacent to an activating group) is 1. The summed E-state index contributed by atoms with van der Waals surface area (Å²) >= 11 is 0. The smallest absolute Gasteiger partial charge is 0.259 e. The van der Waals surface area contributed by atoms with Crippen molar-refractivity contribution in [3.05, 3.63) is 72.4 Å². The Bertz CT molecular complexity index is 1190. The van der Waals surface area contributed by atoms with Crippen LogP contribution in [0.3, 0.4) is 0 Å². The highest BCUT2D eigenvalue weighted by Gasteiger charge is 2.34. The van der Waals surface area contributed by atoms with Gasteiger partial charge in [-0.15, -0.1) is 0 Å². The lowest BCUT2D eigenvalue weighted by molar-refractivity contribution is -0.130. The second-order valence-electron chi connectivity index (χ2n) is 9.21. The molecule has 9 heteroatoms. The van der Waals surface area contributed by atoms with Gasteiger partial charge in [0.1, 0.15) is 11.7 Å². The summed E-state index contributed by atoms with van der Waals surface area (Å²) in [6.07, 6.45) is 6.47. The third-order valence-electron chi connectivity index (χ3n) is 6.47. The van der Waals surface area contributed by atoms with Crippen LogP contribution in [0.4, 0.5) is 0 Å². The van der Waals surface area contributed by atoms with E-state index in [1.165, 1.54) is 0 Å². The average molecular weight is 490 g/mol. The van der Waals surface area contributed by atoms with E-state index < -0.39 is 6.10 Å². The molecule has 1 aliphatic rings. The van der Waals surface area contributed by atoms with Crippen LogP contribution in [0.15, 0.2) is 61.2 Å². The van der Waals surface area contributed by atoms with Crippen molar-refractivity contribution in [1.29, 1.82) is 0 Å². The van der Waals surface area contributed by atoms with Gasteiger partial charge in [0.15, 0.2) is 0 Å². The predicted molar refractivity (Wildman–Crippen MR) is 134 cm³/mol. The van der Waals surface area contributed by atoms with E-state index in [2.05, 4.69) is 15.0 Å². The van der Waals surface area contributed by atoms with Crippen molar-refractivity contribution in [3.63, 3.8) is 0 Å². The van der Waals surface area contributed by atoms with Crippen LogP contribution in [0.2, 0.25) is 0 Å². The van der Waals surface area contributed by atoms with Gasteiger partial charge in [0, 0.05) is 55.6 Å². The van der Waals surface area contributed by atoms with Crippen molar-refractivity contribution in [2.45, 2.75) is 32.4 Å². The molecule has 188 valence electrons. The fraction of sp³-hybridized carbons (Fsp3) is 0.370. The lowest BCUT2D eigenvalue weighted by Crippen LogP contribution is -2.50. The molecule has 3 aromatic rings. The van der Waals surface area contributed by atoms with Gasteiger partial charge in [-0.3, -0.25) is 19.6 Å². The van der Waals surface area contributed by atoms with E-state index >= 15 is 0 Å². The largest absolute Gasteiger partial charge is 0.472 e. The van der Waals surface area contributed by atoms with E-state index in [-0.39, 0.29) is 42.7 Å². The maximum Gasteiger partial charge on any atom is 0.259 e. The summed E-state index contributed by atoms with van der Waals surface area (Å²) < 4.78 is 6.30. The van der Waals surface area contributed by atoms with Crippen molar-refractivity contribution in [1.82, 2.24) is 24.8 Å². The van der Waals surface area contributed by atoms with Crippen LogP contribution in [-0.4, -0.2) is 80.6 Å². The second kappa shape index (κ2) is 11.3. The summed E-state index contributed by atoms with van der Waals surface area (Å²) in [6.45, 7) is 4.30. The fourth-order valence-corrected chi connectivity index (χ4v) is 4.19. The molecule has 1 aliphatic heterocycles. The molecule has 9 nitrogen and oxygen atoms in total. The Hall–Kier alpha value is -3.85. The molecule has 0 aliphatic carbocycles. The number of pyridine rings is 3.